The number of imidazole rings is 2. The molecule has 0 unspecified atom stereocenters. The molecular formula is C40H32Cl2N14. The molecule has 0 aliphatic rings. The van der Waals surface area contributed by atoms with Crippen molar-refractivity contribution in [3.8, 4) is 23.5 Å². The fourth-order valence-corrected chi connectivity index (χ4v) is 6.02. The first-order chi connectivity index (χ1) is 27.2. The van der Waals surface area contributed by atoms with E-state index in [2.05, 4.69) is 52.9 Å². The highest BCUT2D eigenvalue weighted by molar-refractivity contribution is 6.30. The summed E-state index contributed by atoms with van der Waals surface area (Å²) in [5, 5.41) is 35.5. The third-order valence-corrected chi connectivity index (χ3v) is 8.78. The highest BCUT2D eigenvalue weighted by Crippen LogP contribution is 2.23. The van der Waals surface area contributed by atoms with Gasteiger partial charge in [-0.3, -0.25) is 0 Å². The van der Waals surface area contributed by atoms with Gasteiger partial charge in [0.15, 0.2) is 0 Å². The van der Waals surface area contributed by atoms with Gasteiger partial charge in [-0.15, -0.1) is 10.2 Å². The second kappa shape index (κ2) is 16.8. The lowest BCUT2D eigenvalue weighted by molar-refractivity contribution is 0.687. The van der Waals surface area contributed by atoms with Crippen LogP contribution in [0.4, 0.5) is 23.3 Å². The summed E-state index contributed by atoms with van der Waals surface area (Å²) in [6, 6.07) is 30.7. The third-order valence-electron chi connectivity index (χ3n) is 8.29. The van der Waals surface area contributed by atoms with Crippen LogP contribution in [0.2, 0.25) is 10.0 Å². The maximum atomic E-state index is 9.51. The zero-order valence-corrected chi connectivity index (χ0v) is 31.6. The van der Waals surface area contributed by atoms with Crippen molar-refractivity contribution in [1.82, 2.24) is 48.6 Å². The number of anilines is 4. The Balaban J connectivity index is 0.000000172. The molecule has 4 aromatic heterocycles. The van der Waals surface area contributed by atoms with Crippen LogP contribution in [0.15, 0.2) is 123 Å². The lowest BCUT2D eigenvalue weighted by atomic mass is 10.1. The standard InChI is InChI=1S/2C20H16ClN7/c1-14-10-27(12-23-14)19-7-6-18(8-16(19)9-22)25-20-24-13-28(26-20)11-15-2-4-17(21)5-3-15;1-14-10-27(12-23-14)19-6-5-18(8-16(19)9-22)25-20-24-13-28(26-20)11-15-3-2-4-17(21)7-15/h2*2-8,10,12-13H,11H2,1H3,(H,25,26). The molecule has 0 atom stereocenters. The average molecular weight is 780 g/mol. The van der Waals surface area contributed by atoms with Gasteiger partial charge in [0.2, 0.25) is 11.9 Å². The minimum Gasteiger partial charge on any atom is -0.323 e. The summed E-state index contributed by atoms with van der Waals surface area (Å²) in [5.41, 5.74) is 7.97. The van der Waals surface area contributed by atoms with E-state index in [0.29, 0.717) is 46.2 Å². The Hall–Kier alpha value is -7.26. The fraction of sp³-hybridized carbons (Fsp3) is 0.100. The summed E-state index contributed by atoms with van der Waals surface area (Å²) in [5.74, 6) is 0.918. The quantitative estimate of drug-likeness (QED) is 0.138. The highest BCUT2D eigenvalue weighted by atomic mass is 35.5. The second-order valence-electron chi connectivity index (χ2n) is 12.6. The maximum absolute atomic E-state index is 9.51. The fourth-order valence-electron chi connectivity index (χ4n) is 5.68. The summed E-state index contributed by atoms with van der Waals surface area (Å²) in [4.78, 5) is 17.0. The van der Waals surface area contributed by atoms with E-state index >= 15 is 0 Å². The van der Waals surface area contributed by atoms with Gasteiger partial charge < -0.3 is 19.8 Å². The predicted octanol–water partition coefficient (Wildman–Crippen LogP) is 8.18. The van der Waals surface area contributed by atoms with Gasteiger partial charge in [-0.1, -0.05) is 47.5 Å². The van der Waals surface area contributed by atoms with Crippen LogP contribution in [0, 0.1) is 36.5 Å². The first kappa shape index (κ1) is 37.1. The SMILES string of the molecule is Cc1cn(-c2ccc(Nc3ncn(Cc4ccc(Cl)cc4)n3)cc2C#N)cn1.Cc1cn(-c2ccc(Nc3ncn(Cc4cccc(Cl)c4)n3)cc2C#N)cn1. The molecule has 4 aromatic carbocycles. The summed E-state index contributed by atoms with van der Waals surface area (Å²) in [7, 11) is 0. The van der Waals surface area contributed by atoms with Crippen molar-refractivity contribution in [1.29, 1.82) is 10.5 Å². The molecule has 0 radical (unpaired) electrons. The van der Waals surface area contributed by atoms with E-state index in [-0.39, 0.29) is 0 Å². The van der Waals surface area contributed by atoms with Crippen molar-refractivity contribution in [3.63, 3.8) is 0 Å². The first-order valence-corrected chi connectivity index (χ1v) is 17.9. The van der Waals surface area contributed by atoms with Crippen molar-refractivity contribution >= 4 is 46.5 Å². The maximum Gasteiger partial charge on any atom is 0.246 e. The number of hydrogen-bond donors (Lipinski definition) is 2. The Morgan fingerprint density at radius 3 is 1.55 bits per heavy atom. The number of benzene rings is 4. The zero-order chi connectivity index (χ0) is 39.0. The van der Waals surface area contributed by atoms with E-state index in [9.17, 15) is 10.5 Å². The van der Waals surface area contributed by atoms with Crippen LogP contribution >= 0.6 is 23.2 Å². The third kappa shape index (κ3) is 9.26. The lowest BCUT2D eigenvalue weighted by Crippen LogP contribution is -2.02. The van der Waals surface area contributed by atoms with E-state index in [4.69, 9.17) is 23.2 Å². The van der Waals surface area contributed by atoms with E-state index in [1.807, 2.05) is 108 Å². The summed E-state index contributed by atoms with van der Waals surface area (Å²) < 4.78 is 7.12. The topological polar surface area (TPSA) is 169 Å². The average Bonchev–Trinajstić information content (AvgIpc) is 4.03. The van der Waals surface area contributed by atoms with Gasteiger partial charge in [-0.25, -0.2) is 29.3 Å². The van der Waals surface area contributed by atoms with Crippen molar-refractivity contribution in [2.24, 2.45) is 0 Å². The molecule has 276 valence electrons. The number of hydrogen-bond acceptors (Lipinski definition) is 10. The van der Waals surface area contributed by atoms with E-state index < -0.39 is 0 Å². The van der Waals surface area contributed by atoms with Crippen LogP contribution in [0.1, 0.15) is 33.6 Å². The second-order valence-corrected chi connectivity index (χ2v) is 13.4. The van der Waals surface area contributed by atoms with Gasteiger partial charge in [-0.05, 0) is 85.6 Å². The Morgan fingerprint density at radius 2 is 1.09 bits per heavy atom. The minimum atomic E-state index is 0.456. The molecule has 0 amide bonds. The molecule has 8 aromatic rings. The molecule has 14 nitrogen and oxygen atoms in total. The molecule has 0 bridgehead atoms. The number of halogens is 2. The van der Waals surface area contributed by atoms with Gasteiger partial charge >= 0.3 is 0 Å². The number of aromatic nitrogens is 10. The van der Waals surface area contributed by atoms with Crippen LogP contribution in [-0.4, -0.2) is 48.6 Å². The Kier molecular flexibility index (Phi) is 11.1. The molecule has 2 N–H and O–H groups in total. The van der Waals surface area contributed by atoms with Crippen molar-refractivity contribution in [2.75, 3.05) is 10.6 Å². The number of nitrogens with one attached hydrogen (secondary N) is 2. The molecule has 0 saturated heterocycles. The molecule has 0 fully saturated rings. The molecule has 8 rings (SSSR count). The molecule has 4 heterocycles. The van der Waals surface area contributed by atoms with Gasteiger partial charge in [0.05, 0.1) is 59.6 Å². The largest absolute Gasteiger partial charge is 0.323 e. The molecule has 16 heteroatoms. The summed E-state index contributed by atoms with van der Waals surface area (Å²) >= 11 is 11.9. The van der Waals surface area contributed by atoms with Crippen LogP contribution in [0.3, 0.4) is 0 Å². The van der Waals surface area contributed by atoms with Gasteiger partial charge in [0.25, 0.3) is 0 Å². The minimum absolute atomic E-state index is 0.456. The zero-order valence-electron chi connectivity index (χ0n) is 30.1. The smallest absolute Gasteiger partial charge is 0.246 e. The monoisotopic (exact) mass is 778 g/mol. The van der Waals surface area contributed by atoms with Crippen LogP contribution < -0.4 is 10.6 Å². The molecule has 0 spiro atoms. The summed E-state index contributed by atoms with van der Waals surface area (Å²) in [6.07, 6.45) is 10.4. The molecule has 0 aliphatic heterocycles. The number of nitrogens with zero attached hydrogens (tertiary/aromatic N) is 12. The number of rotatable bonds is 10. The van der Waals surface area contributed by atoms with Crippen molar-refractivity contribution in [3.05, 3.63) is 166 Å². The number of aryl methyl sites for hydroxylation is 2. The number of nitriles is 2. The molecule has 0 aliphatic carbocycles. The molecular weight excluding hydrogens is 747 g/mol. The summed E-state index contributed by atoms with van der Waals surface area (Å²) in [6.45, 7) is 4.97. The molecule has 0 saturated carbocycles. The van der Waals surface area contributed by atoms with Gasteiger partial charge in [0, 0.05) is 33.8 Å². The van der Waals surface area contributed by atoms with Gasteiger partial charge in [0.1, 0.15) is 24.8 Å². The highest BCUT2D eigenvalue weighted by Gasteiger charge is 2.11. The first-order valence-electron chi connectivity index (χ1n) is 17.1. The predicted molar refractivity (Wildman–Crippen MR) is 214 cm³/mol. The molecule has 56 heavy (non-hydrogen) atoms. The van der Waals surface area contributed by atoms with Crippen LogP contribution in [-0.2, 0) is 13.1 Å². The van der Waals surface area contributed by atoms with Crippen LogP contribution in [0.5, 0.6) is 0 Å². The van der Waals surface area contributed by atoms with E-state index in [0.717, 1.165) is 45.3 Å². The Bertz CT molecular complexity index is 2690. The normalized spacial score (nSPS) is 10.6. The van der Waals surface area contributed by atoms with Crippen LogP contribution in [0.25, 0.3) is 11.4 Å². The van der Waals surface area contributed by atoms with E-state index in [1.54, 1.807) is 46.8 Å². The van der Waals surface area contributed by atoms with E-state index in [1.165, 1.54) is 0 Å². The van der Waals surface area contributed by atoms with Gasteiger partial charge in [-0.2, -0.15) is 10.5 Å². The van der Waals surface area contributed by atoms with Crippen molar-refractivity contribution < 1.29 is 0 Å². The Morgan fingerprint density at radius 1 is 0.571 bits per heavy atom. The van der Waals surface area contributed by atoms with Crippen molar-refractivity contribution in [2.45, 2.75) is 26.9 Å². The lowest BCUT2D eigenvalue weighted by Gasteiger charge is -2.08. The Labute approximate surface area is 331 Å².